The highest BCUT2D eigenvalue weighted by Crippen LogP contribution is 2.11. The number of halogens is 1. The molecule has 98 valence electrons. The first kappa shape index (κ1) is 14.0. The van der Waals surface area contributed by atoms with Crippen molar-refractivity contribution in [1.29, 1.82) is 0 Å². The van der Waals surface area contributed by atoms with Crippen LogP contribution in [0, 0.1) is 5.82 Å². The molecule has 0 radical (unpaired) electrons. The van der Waals surface area contributed by atoms with Gasteiger partial charge in [-0.2, -0.15) is 0 Å². The number of nitrogens with one attached hydrogen (secondary N) is 3. The Morgan fingerprint density at radius 1 is 1.22 bits per heavy atom. The maximum absolute atomic E-state index is 13.2. The molecule has 3 N–H and O–H groups in total. The molecule has 0 saturated carbocycles. The number of amides is 3. The van der Waals surface area contributed by atoms with Crippen LogP contribution in [-0.4, -0.2) is 25.0 Å². The van der Waals surface area contributed by atoms with Crippen LogP contribution in [-0.2, 0) is 4.79 Å². The largest absolute Gasteiger partial charge is 0.338 e. The minimum atomic E-state index is -0.513. The average molecular weight is 253 g/mol. The number of benzene rings is 1. The molecular weight excluding hydrogens is 237 g/mol. The van der Waals surface area contributed by atoms with Gasteiger partial charge < -0.3 is 16.0 Å². The van der Waals surface area contributed by atoms with E-state index in [1.807, 2.05) is 6.92 Å². The maximum atomic E-state index is 13.2. The number of hydrogen-bond donors (Lipinski definition) is 3. The van der Waals surface area contributed by atoms with E-state index in [0.29, 0.717) is 6.54 Å². The Labute approximate surface area is 105 Å². The summed E-state index contributed by atoms with van der Waals surface area (Å²) in [5.74, 6) is -0.993. The second kappa shape index (κ2) is 7.26. The summed E-state index contributed by atoms with van der Waals surface area (Å²) in [7, 11) is 0. The summed E-state index contributed by atoms with van der Waals surface area (Å²) in [6, 6.07) is 5.42. The van der Waals surface area contributed by atoms with E-state index in [1.54, 1.807) is 6.07 Å². The van der Waals surface area contributed by atoms with Gasteiger partial charge in [-0.15, -0.1) is 0 Å². The van der Waals surface area contributed by atoms with Gasteiger partial charge in [-0.3, -0.25) is 4.79 Å². The van der Waals surface area contributed by atoms with Crippen LogP contribution in [0.5, 0.6) is 0 Å². The third kappa shape index (κ3) is 4.82. The van der Waals surface area contributed by atoms with Gasteiger partial charge in [-0.25, -0.2) is 9.18 Å². The second-order valence-corrected chi connectivity index (χ2v) is 3.64. The monoisotopic (exact) mass is 253 g/mol. The Bertz CT molecular complexity index is 424. The van der Waals surface area contributed by atoms with E-state index in [9.17, 15) is 14.0 Å². The van der Waals surface area contributed by atoms with Gasteiger partial charge in [0.1, 0.15) is 5.82 Å². The molecule has 18 heavy (non-hydrogen) atoms. The zero-order valence-corrected chi connectivity index (χ0v) is 10.1. The van der Waals surface area contributed by atoms with Crippen LogP contribution >= 0.6 is 0 Å². The number of carbonyl (C=O) groups excluding carboxylic acids is 2. The zero-order chi connectivity index (χ0) is 13.4. The molecule has 0 heterocycles. The van der Waals surface area contributed by atoms with Gasteiger partial charge in [-0.1, -0.05) is 19.1 Å². The predicted octanol–water partition coefficient (Wildman–Crippen LogP) is 1.47. The van der Waals surface area contributed by atoms with Crippen LogP contribution in [0.2, 0.25) is 0 Å². The van der Waals surface area contributed by atoms with E-state index in [-0.39, 0.29) is 12.2 Å². The predicted molar refractivity (Wildman–Crippen MR) is 66.7 cm³/mol. The number of anilines is 1. The number of rotatable bonds is 5. The molecular formula is C12H16FN3O2. The van der Waals surface area contributed by atoms with Crippen molar-refractivity contribution in [1.82, 2.24) is 10.6 Å². The molecule has 0 aromatic heterocycles. The van der Waals surface area contributed by atoms with Crippen LogP contribution in [0.1, 0.15) is 13.3 Å². The number of urea groups is 1. The van der Waals surface area contributed by atoms with Crippen molar-refractivity contribution in [3.8, 4) is 0 Å². The van der Waals surface area contributed by atoms with E-state index >= 15 is 0 Å². The van der Waals surface area contributed by atoms with Crippen molar-refractivity contribution in [2.24, 2.45) is 0 Å². The van der Waals surface area contributed by atoms with E-state index in [4.69, 9.17) is 0 Å². The molecule has 0 unspecified atom stereocenters. The maximum Gasteiger partial charge on any atom is 0.315 e. The number of carbonyl (C=O) groups is 2. The van der Waals surface area contributed by atoms with Crippen LogP contribution in [0.4, 0.5) is 14.9 Å². The summed E-state index contributed by atoms with van der Waals surface area (Å²) in [6.07, 6.45) is 0.814. The molecule has 0 fully saturated rings. The first-order chi connectivity index (χ1) is 8.63. The smallest absolute Gasteiger partial charge is 0.315 e. The Morgan fingerprint density at radius 3 is 2.61 bits per heavy atom. The second-order valence-electron chi connectivity index (χ2n) is 3.64. The summed E-state index contributed by atoms with van der Waals surface area (Å²) < 4.78 is 13.2. The van der Waals surface area contributed by atoms with Gasteiger partial charge in [-0.05, 0) is 18.6 Å². The highest BCUT2D eigenvalue weighted by atomic mass is 19.1. The molecule has 1 aromatic carbocycles. The van der Waals surface area contributed by atoms with Gasteiger partial charge in [0.05, 0.1) is 12.2 Å². The van der Waals surface area contributed by atoms with Crippen LogP contribution < -0.4 is 16.0 Å². The van der Waals surface area contributed by atoms with E-state index in [1.165, 1.54) is 18.2 Å². The topological polar surface area (TPSA) is 70.2 Å². The Kier molecular flexibility index (Phi) is 5.63. The van der Waals surface area contributed by atoms with Gasteiger partial charge in [0.2, 0.25) is 5.91 Å². The quantitative estimate of drug-likeness (QED) is 0.743. The Hall–Kier alpha value is -2.11. The Morgan fingerprint density at radius 2 is 1.94 bits per heavy atom. The van der Waals surface area contributed by atoms with E-state index in [2.05, 4.69) is 16.0 Å². The Balaban J connectivity index is 2.34. The van der Waals surface area contributed by atoms with Crippen molar-refractivity contribution in [2.45, 2.75) is 13.3 Å². The number of para-hydroxylation sites is 1. The van der Waals surface area contributed by atoms with E-state index < -0.39 is 17.8 Å². The molecule has 0 saturated heterocycles. The molecule has 0 aliphatic heterocycles. The zero-order valence-electron chi connectivity index (χ0n) is 10.1. The van der Waals surface area contributed by atoms with Crippen LogP contribution in [0.3, 0.4) is 0 Å². The fourth-order valence-electron chi connectivity index (χ4n) is 1.22. The molecule has 5 nitrogen and oxygen atoms in total. The normalized spacial score (nSPS) is 9.67. The van der Waals surface area contributed by atoms with Gasteiger partial charge >= 0.3 is 6.03 Å². The third-order valence-corrected chi connectivity index (χ3v) is 2.09. The molecule has 1 aromatic rings. The fraction of sp³-hybridized carbons (Fsp3) is 0.333. The van der Waals surface area contributed by atoms with Gasteiger partial charge in [0.25, 0.3) is 0 Å². The van der Waals surface area contributed by atoms with Crippen molar-refractivity contribution in [2.75, 3.05) is 18.4 Å². The molecule has 0 aliphatic rings. The first-order valence-electron chi connectivity index (χ1n) is 5.69. The number of hydrogen-bond acceptors (Lipinski definition) is 2. The first-order valence-corrected chi connectivity index (χ1v) is 5.69. The molecule has 6 heteroatoms. The van der Waals surface area contributed by atoms with Gasteiger partial charge in [0, 0.05) is 6.54 Å². The third-order valence-electron chi connectivity index (χ3n) is 2.09. The summed E-state index contributed by atoms with van der Waals surface area (Å²) in [5, 5.41) is 7.30. The van der Waals surface area contributed by atoms with Crippen molar-refractivity contribution in [3.63, 3.8) is 0 Å². The van der Waals surface area contributed by atoms with Crippen molar-refractivity contribution in [3.05, 3.63) is 30.1 Å². The summed E-state index contributed by atoms with van der Waals surface area (Å²) in [4.78, 5) is 22.6. The minimum Gasteiger partial charge on any atom is -0.338 e. The highest BCUT2D eigenvalue weighted by Gasteiger charge is 2.07. The van der Waals surface area contributed by atoms with Gasteiger partial charge in [0.15, 0.2) is 0 Å². The lowest BCUT2D eigenvalue weighted by Crippen LogP contribution is -2.40. The minimum absolute atomic E-state index is 0.0956. The lowest BCUT2D eigenvalue weighted by atomic mass is 10.3. The fourth-order valence-corrected chi connectivity index (χ4v) is 1.22. The van der Waals surface area contributed by atoms with Crippen molar-refractivity contribution >= 4 is 17.6 Å². The molecule has 0 bridgehead atoms. The molecule has 1 rings (SSSR count). The lowest BCUT2D eigenvalue weighted by Gasteiger charge is -2.08. The molecule has 0 aliphatic carbocycles. The molecule has 3 amide bonds. The average Bonchev–Trinajstić information content (AvgIpc) is 2.36. The summed E-state index contributed by atoms with van der Waals surface area (Å²) in [5.41, 5.74) is 0.0956. The standard InChI is InChI=1S/C12H16FN3O2/c1-2-7-14-12(18)15-8-11(17)16-10-6-4-3-5-9(10)13/h3-6H,2,7-8H2,1H3,(H,16,17)(H2,14,15,18). The van der Waals surface area contributed by atoms with Crippen LogP contribution in [0.25, 0.3) is 0 Å². The molecule has 0 spiro atoms. The summed E-state index contributed by atoms with van der Waals surface area (Å²) in [6.45, 7) is 2.26. The van der Waals surface area contributed by atoms with Crippen molar-refractivity contribution < 1.29 is 14.0 Å². The molecule has 0 atom stereocenters. The highest BCUT2D eigenvalue weighted by molar-refractivity contribution is 5.94. The summed E-state index contributed by atoms with van der Waals surface area (Å²) >= 11 is 0. The lowest BCUT2D eigenvalue weighted by molar-refractivity contribution is -0.115. The van der Waals surface area contributed by atoms with E-state index in [0.717, 1.165) is 6.42 Å². The SMILES string of the molecule is CCCNC(=O)NCC(=O)Nc1ccccc1F. The van der Waals surface area contributed by atoms with Crippen LogP contribution in [0.15, 0.2) is 24.3 Å².